The number of methoxy groups -OCH3 is 1. The number of benzene rings is 2. The summed E-state index contributed by atoms with van der Waals surface area (Å²) in [5.74, 6) is 0.134. The minimum atomic E-state index is -2.10. The number of carbonyl (C=O) groups excluding carboxylic acids is 2. The third kappa shape index (κ3) is 4.51. The highest BCUT2D eigenvalue weighted by atomic mass is 28.4. The molecule has 0 saturated carbocycles. The van der Waals surface area contributed by atoms with Crippen LogP contribution in [0.1, 0.15) is 54.1 Å². The zero-order valence-electron chi connectivity index (χ0n) is 22.2. The van der Waals surface area contributed by atoms with E-state index in [1.807, 2.05) is 36.4 Å². The van der Waals surface area contributed by atoms with Crippen molar-refractivity contribution >= 4 is 31.3 Å². The molecule has 0 bridgehead atoms. The molecule has 3 heterocycles. The molecule has 0 spiro atoms. The van der Waals surface area contributed by atoms with Gasteiger partial charge in [0.05, 0.1) is 36.5 Å². The summed E-state index contributed by atoms with van der Waals surface area (Å²) in [4.78, 5) is 24.7. The van der Waals surface area contributed by atoms with E-state index in [1.54, 1.807) is 6.07 Å². The van der Waals surface area contributed by atoms with Gasteiger partial charge in [0.1, 0.15) is 12.4 Å². The van der Waals surface area contributed by atoms with E-state index in [4.69, 9.17) is 18.6 Å². The number of nitrogens with one attached hydrogen (secondary N) is 1. The minimum absolute atomic E-state index is 0.0281. The average Bonchev–Trinajstić information content (AvgIpc) is 3.48. The fraction of sp³-hybridized carbons (Fsp3) is 0.429. The second-order valence-corrected chi connectivity index (χ2v) is 16.0. The molecule has 8 nitrogen and oxygen atoms in total. The van der Waals surface area contributed by atoms with Gasteiger partial charge >= 0.3 is 12.1 Å². The smallest absolute Gasteiger partial charge is 0.408 e. The van der Waals surface area contributed by atoms with Crippen LogP contribution in [0.2, 0.25) is 18.1 Å². The molecule has 1 amide bonds. The number of esters is 1. The van der Waals surface area contributed by atoms with Crippen LogP contribution >= 0.6 is 0 Å². The molecule has 2 atom stereocenters. The SMILES string of the molecule is COC(=O)c1cc(OCc2ccccc2)c2c(CO[Si](C)(C)C(C)(C)C)c3n(c2c1)C[C@@H]1NC(=O)O[C@H]31. The van der Waals surface area contributed by atoms with E-state index >= 15 is 0 Å². The van der Waals surface area contributed by atoms with Gasteiger partial charge in [-0.25, -0.2) is 9.59 Å². The predicted molar refractivity (Wildman–Crippen MR) is 142 cm³/mol. The molecule has 37 heavy (non-hydrogen) atoms. The number of hydrogen-bond donors (Lipinski definition) is 1. The Bertz CT molecular complexity index is 1360. The van der Waals surface area contributed by atoms with E-state index < -0.39 is 26.5 Å². The topological polar surface area (TPSA) is 88.0 Å². The van der Waals surface area contributed by atoms with Gasteiger partial charge in [0.15, 0.2) is 14.4 Å². The maximum Gasteiger partial charge on any atom is 0.408 e. The number of hydrogen-bond acceptors (Lipinski definition) is 6. The Kier molecular flexibility index (Phi) is 6.32. The number of aromatic nitrogens is 1. The number of alkyl carbamates (subject to hydrolysis) is 1. The zero-order chi connectivity index (χ0) is 26.5. The van der Waals surface area contributed by atoms with Crippen molar-refractivity contribution in [2.24, 2.45) is 0 Å². The van der Waals surface area contributed by atoms with E-state index in [9.17, 15) is 9.59 Å². The van der Waals surface area contributed by atoms with Crippen molar-refractivity contribution in [3.63, 3.8) is 0 Å². The Morgan fingerprint density at radius 3 is 2.57 bits per heavy atom. The third-order valence-electron chi connectivity index (χ3n) is 7.87. The molecule has 5 rings (SSSR count). The molecule has 2 aliphatic heterocycles. The van der Waals surface area contributed by atoms with Crippen LogP contribution in [-0.4, -0.2) is 38.1 Å². The molecule has 1 fully saturated rings. The van der Waals surface area contributed by atoms with Crippen LogP contribution in [0.4, 0.5) is 4.79 Å². The number of amides is 1. The fourth-order valence-electron chi connectivity index (χ4n) is 4.80. The summed E-state index contributed by atoms with van der Waals surface area (Å²) < 4.78 is 25.9. The van der Waals surface area contributed by atoms with Crippen molar-refractivity contribution in [3.8, 4) is 5.75 Å². The van der Waals surface area contributed by atoms with Gasteiger partial charge in [0.2, 0.25) is 0 Å². The largest absolute Gasteiger partial charge is 0.488 e. The predicted octanol–water partition coefficient (Wildman–Crippen LogP) is 5.69. The number of nitrogens with zero attached hydrogens (tertiary/aromatic N) is 1. The zero-order valence-corrected chi connectivity index (χ0v) is 23.2. The van der Waals surface area contributed by atoms with Crippen molar-refractivity contribution in [1.82, 2.24) is 9.88 Å². The van der Waals surface area contributed by atoms with Crippen molar-refractivity contribution in [2.75, 3.05) is 7.11 Å². The second kappa shape index (κ2) is 9.22. The summed E-state index contributed by atoms with van der Waals surface area (Å²) in [6, 6.07) is 13.3. The lowest BCUT2D eigenvalue weighted by Gasteiger charge is -2.36. The summed E-state index contributed by atoms with van der Waals surface area (Å²) >= 11 is 0. The maximum absolute atomic E-state index is 12.6. The number of fused-ring (bicyclic) bond motifs is 5. The molecule has 2 aliphatic rings. The van der Waals surface area contributed by atoms with Crippen LogP contribution in [0.5, 0.6) is 5.75 Å². The Morgan fingerprint density at radius 1 is 1.16 bits per heavy atom. The Labute approximate surface area is 218 Å². The first-order valence-electron chi connectivity index (χ1n) is 12.6. The average molecular weight is 523 g/mol. The Hall–Kier alpha value is -3.30. The molecule has 9 heteroatoms. The number of ether oxygens (including phenoxy) is 3. The van der Waals surface area contributed by atoms with Gasteiger partial charge < -0.3 is 28.5 Å². The first-order valence-corrected chi connectivity index (χ1v) is 15.5. The van der Waals surface area contributed by atoms with Crippen molar-refractivity contribution in [3.05, 3.63) is 64.8 Å². The third-order valence-corrected chi connectivity index (χ3v) is 12.3. The van der Waals surface area contributed by atoms with E-state index in [0.717, 1.165) is 27.7 Å². The minimum Gasteiger partial charge on any atom is -0.488 e. The normalized spacial score (nSPS) is 18.8. The summed E-state index contributed by atoms with van der Waals surface area (Å²) in [6.07, 6.45) is -0.847. The molecule has 3 aromatic rings. The van der Waals surface area contributed by atoms with Crippen LogP contribution in [0.15, 0.2) is 42.5 Å². The summed E-state index contributed by atoms with van der Waals surface area (Å²) in [6.45, 7) is 12.3. The van der Waals surface area contributed by atoms with Crippen LogP contribution in [0.3, 0.4) is 0 Å². The van der Waals surface area contributed by atoms with Gasteiger partial charge in [-0.15, -0.1) is 0 Å². The number of carbonyl (C=O) groups is 2. The summed E-state index contributed by atoms with van der Waals surface area (Å²) in [7, 11) is -0.732. The van der Waals surface area contributed by atoms with Gasteiger partial charge in [-0.2, -0.15) is 0 Å². The van der Waals surface area contributed by atoms with Gasteiger partial charge in [-0.3, -0.25) is 0 Å². The van der Waals surface area contributed by atoms with Crippen molar-refractivity contribution in [1.29, 1.82) is 0 Å². The van der Waals surface area contributed by atoms with Crippen LogP contribution < -0.4 is 10.1 Å². The first kappa shape index (κ1) is 25.4. The van der Waals surface area contributed by atoms with Crippen molar-refractivity contribution in [2.45, 2.75) is 70.8 Å². The van der Waals surface area contributed by atoms with Gasteiger partial charge in [-0.05, 0) is 35.8 Å². The molecule has 0 radical (unpaired) electrons. The standard InChI is InChI=1S/C28H34N2O6Si/c1-28(2,3)37(5,6)35-16-19-23-21(30-14-20-25(24(19)30)36-27(32)29-20)12-18(26(31)33-4)13-22(23)34-15-17-10-8-7-9-11-17/h7-13,20,25H,14-16H2,1-6H3,(H,29,32)/t20-,25-/m0/s1. The van der Waals surface area contributed by atoms with E-state index in [1.165, 1.54) is 7.11 Å². The van der Waals surface area contributed by atoms with E-state index in [0.29, 0.717) is 31.1 Å². The van der Waals surface area contributed by atoms with Gasteiger partial charge in [0.25, 0.3) is 0 Å². The number of rotatable bonds is 7. The maximum atomic E-state index is 12.6. The Morgan fingerprint density at radius 2 is 1.89 bits per heavy atom. The molecule has 196 valence electrons. The lowest BCUT2D eigenvalue weighted by Crippen LogP contribution is -2.40. The van der Waals surface area contributed by atoms with Crippen LogP contribution in [0.25, 0.3) is 10.9 Å². The van der Waals surface area contributed by atoms with Crippen molar-refractivity contribution < 1.29 is 28.2 Å². The van der Waals surface area contributed by atoms with Crippen LogP contribution in [-0.2, 0) is 33.7 Å². The first-order chi connectivity index (χ1) is 17.5. The quantitative estimate of drug-likeness (QED) is 0.317. The highest BCUT2D eigenvalue weighted by Crippen LogP contribution is 2.46. The lowest BCUT2D eigenvalue weighted by atomic mass is 10.0. The highest BCUT2D eigenvalue weighted by Gasteiger charge is 2.46. The Balaban J connectivity index is 1.66. The molecular weight excluding hydrogens is 488 g/mol. The summed E-state index contributed by atoms with van der Waals surface area (Å²) in [5.41, 5.74) is 4.07. The summed E-state index contributed by atoms with van der Waals surface area (Å²) in [5, 5.41) is 3.81. The molecule has 0 aliphatic carbocycles. The van der Waals surface area contributed by atoms with Gasteiger partial charge in [-0.1, -0.05) is 51.1 Å². The second-order valence-electron chi connectivity index (χ2n) is 11.2. The molecule has 1 N–H and O–H groups in total. The molecule has 2 aromatic carbocycles. The molecule has 1 aromatic heterocycles. The molecular formula is C28H34N2O6Si. The van der Waals surface area contributed by atoms with Gasteiger partial charge in [0, 0.05) is 17.5 Å². The monoisotopic (exact) mass is 522 g/mol. The fourth-order valence-corrected chi connectivity index (χ4v) is 5.74. The lowest BCUT2D eigenvalue weighted by molar-refractivity contribution is 0.0600. The highest BCUT2D eigenvalue weighted by molar-refractivity contribution is 6.74. The van der Waals surface area contributed by atoms with Crippen LogP contribution in [0, 0.1) is 0 Å². The van der Waals surface area contributed by atoms with E-state index in [-0.39, 0.29) is 11.1 Å². The van der Waals surface area contributed by atoms with E-state index in [2.05, 4.69) is 43.7 Å². The molecule has 1 saturated heterocycles. The molecule has 0 unspecified atom stereocenters.